The molecule has 22 heavy (non-hydrogen) atoms. The number of fused-ring (bicyclic) bond motifs is 2. The highest BCUT2D eigenvalue weighted by Crippen LogP contribution is 2.36. The van der Waals surface area contributed by atoms with Crippen LogP contribution < -0.4 is 11.1 Å². The van der Waals surface area contributed by atoms with E-state index in [0.29, 0.717) is 23.4 Å². The molecule has 110 valence electrons. The van der Waals surface area contributed by atoms with E-state index in [2.05, 4.69) is 5.32 Å². The van der Waals surface area contributed by atoms with Crippen LogP contribution in [-0.2, 0) is 0 Å². The Bertz CT molecular complexity index is 810. The van der Waals surface area contributed by atoms with Crippen LogP contribution >= 0.6 is 0 Å². The number of carbonyl (C=O) groups excluding carboxylic acids is 2. The predicted molar refractivity (Wildman–Crippen MR) is 83.2 cm³/mol. The highest BCUT2D eigenvalue weighted by molar-refractivity contribution is 6.31. The number of hydrogen-bond acceptors (Lipinski definition) is 5. The lowest BCUT2D eigenvalue weighted by Gasteiger charge is -2.21. The molecule has 0 aliphatic heterocycles. The number of ketones is 2. The van der Waals surface area contributed by atoms with Crippen molar-refractivity contribution in [1.82, 2.24) is 0 Å². The molecule has 2 aromatic rings. The number of hydrogen-bond donors (Lipinski definition) is 3. The summed E-state index contributed by atoms with van der Waals surface area (Å²) in [6.45, 7) is 0.414. The summed E-state index contributed by atoms with van der Waals surface area (Å²) in [4.78, 5) is 25.3. The Morgan fingerprint density at radius 2 is 1.64 bits per heavy atom. The van der Waals surface area contributed by atoms with Crippen LogP contribution in [0.5, 0.6) is 5.75 Å². The maximum atomic E-state index is 12.7. The van der Waals surface area contributed by atoms with Gasteiger partial charge in [-0.25, -0.2) is 0 Å². The molecule has 0 atom stereocenters. The van der Waals surface area contributed by atoms with Crippen molar-refractivity contribution in [2.75, 3.05) is 11.9 Å². The van der Waals surface area contributed by atoms with Gasteiger partial charge >= 0.3 is 0 Å². The molecular weight excluding hydrogens is 280 g/mol. The Morgan fingerprint density at radius 3 is 2.27 bits per heavy atom. The summed E-state index contributed by atoms with van der Waals surface area (Å²) in [5.74, 6) is -0.816. The van der Waals surface area contributed by atoms with E-state index in [1.807, 2.05) is 0 Å². The fourth-order valence-electron chi connectivity index (χ4n) is 2.59. The minimum Gasteiger partial charge on any atom is -0.507 e. The van der Waals surface area contributed by atoms with Crippen molar-refractivity contribution in [2.24, 2.45) is 5.73 Å². The van der Waals surface area contributed by atoms with E-state index in [4.69, 9.17) is 5.73 Å². The van der Waals surface area contributed by atoms with Gasteiger partial charge in [-0.3, -0.25) is 9.59 Å². The zero-order chi connectivity index (χ0) is 15.7. The van der Waals surface area contributed by atoms with E-state index in [0.717, 1.165) is 0 Å². The maximum Gasteiger partial charge on any atom is 0.198 e. The molecule has 0 saturated carbocycles. The molecule has 0 radical (unpaired) electrons. The van der Waals surface area contributed by atoms with Crippen molar-refractivity contribution < 1.29 is 14.7 Å². The van der Waals surface area contributed by atoms with Crippen molar-refractivity contribution in [1.29, 1.82) is 0 Å². The molecule has 0 saturated heterocycles. The number of anilines is 1. The number of benzene rings is 2. The van der Waals surface area contributed by atoms with Crippen LogP contribution in [0.2, 0.25) is 0 Å². The minimum atomic E-state index is -0.347. The lowest BCUT2D eigenvalue weighted by Crippen LogP contribution is -2.22. The molecule has 2 aromatic carbocycles. The van der Waals surface area contributed by atoms with Crippen LogP contribution in [0.25, 0.3) is 0 Å². The fourth-order valence-corrected chi connectivity index (χ4v) is 2.59. The Balaban J connectivity index is 2.18. The summed E-state index contributed by atoms with van der Waals surface area (Å²) in [5.41, 5.74) is 6.70. The van der Waals surface area contributed by atoms with Crippen molar-refractivity contribution in [3.63, 3.8) is 0 Å². The Kier molecular flexibility index (Phi) is 3.39. The molecule has 5 nitrogen and oxygen atoms in total. The van der Waals surface area contributed by atoms with Crippen molar-refractivity contribution in [3.8, 4) is 5.75 Å². The number of carbonyl (C=O) groups is 2. The molecule has 0 bridgehead atoms. The first-order valence-corrected chi connectivity index (χ1v) is 6.80. The predicted octanol–water partition coefficient (Wildman–Crippen LogP) is 2.05. The van der Waals surface area contributed by atoms with E-state index >= 15 is 0 Å². The average Bonchev–Trinajstić information content (AvgIpc) is 2.54. The lowest BCUT2D eigenvalue weighted by atomic mass is 9.82. The van der Waals surface area contributed by atoms with Gasteiger partial charge in [0, 0.05) is 23.4 Å². The summed E-state index contributed by atoms with van der Waals surface area (Å²) in [5, 5.41) is 13.1. The summed E-state index contributed by atoms with van der Waals surface area (Å²) in [6.07, 6.45) is 3.07. The third-order valence-electron chi connectivity index (χ3n) is 3.60. The van der Waals surface area contributed by atoms with Gasteiger partial charge in [-0.15, -0.1) is 0 Å². The third-order valence-corrected chi connectivity index (χ3v) is 3.60. The van der Waals surface area contributed by atoms with Crippen molar-refractivity contribution >= 4 is 17.3 Å². The van der Waals surface area contributed by atoms with Gasteiger partial charge in [0.15, 0.2) is 11.6 Å². The topological polar surface area (TPSA) is 92.4 Å². The van der Waals surface area contributed by atoms with E-state index in [9.17, 15) is 14.7 Å². The Morgan fingerprint density at radius 1 is 1.00 bits per heavy atom. The highest BCUT2D eigenvalue weighted by Gasteiger charge is 2.33. The fraction of sp³-hybridized carbons (Fsp3) is 0.0588. The molecule has 3 rings (SSSR count). The van der Waals surface area contributed by atoms with E-state index in [-0.39, 0.29) is 28.4 Å². The number of phenolic OH excluding ortho intramolecular Hbond substituents is 1. The Labute approximate surface area is 127 Å². The van der Waals surface area contributed by atoms with Crippen LogP contribution in [0.4, 0.5) is 5.69 Å². The number of rotatable bonds is 3. The van der Waals surface area contributed by atoms with Crippen molar-refractivity contribution in [3.05, 3.63) is 70.9 Å². The Hall–Kier alpha value is -3.08. The van der Waals surface area contributed by atoms with Gasteiger partial charge in [-0.2, -0.15) is 0 Å². The monoisotopic (exact) mass is 294 g/mol. The van der Waals surface area contributed by atoms with Crippen LogP contribution in [0.1, 0.15) is 31.8 Å². The number of nitrogens with one attached hydrogen (secondary N) is 1. The van der Waals surface area contributed by atoms with Crippen LogP contribution in [0.3, 0.4) is 0 Å². The van der Waals surface area contributed by atoms with Gasteiger partial charge in [0.25, 0.3) is 0 Å². The summed E-state index contributed by atoms with van der Waals surface area (Å²) >= 11 is 0. The minimum absolute atomic E-state index is 0.0467. The standard InChI is InChI=1S/C17H14N2O3/c18-8-3-9-19-12-6-7-13(20)15-14(12)16(21)10-4-1-2-5-11(10)17(15)22/h1-8,19-20H,9,18H2. The van der Waals surface area contributed by atoms with E-state index in [1.165, 1.54) is 12.3 Å². The molecule has 0 heterocycles. The van der Waals surface area contributed by atoms with Gasteiger partial charge in [-0.05, 0) is 24.4 Å². The summed E-state index contributed by atoms with van der Waals surface area (Å²) in [7, 11) is 0. The SMILES string of the molecule is NC=CCNc1ccc(O)c2c1C(=O)c1ccccc1C2=O. The molecular formula is C17H14N2O3. The van der Waals surface area contributed by atoms with E-state index < -0.39 is 0 Å². The van der Waals surface area contributed by atoms with Crippen LogP contribution in [0.15, 0.2) is 48.7 Å². The quantitative estimate of drug-likeness (QED) is 0.643. The van der Waals surface area contributed by atoms with Gasteiger partial charge in [-0.1, -0.05) is 24.3 Å². The largest absolute Gasteiger partial charge is 0.507 e. The van der Waals surface area contributed by atoms with Gasteiger partial charge in [0.05, 0.1) is 11.1 Å². The van der Waals surface area contributed by atoms with Crippen molar-refractivity contribution in [2.45, 2.75) is 0 Å². The lowest BCUT2D eigenvalue weighted by molar-refractivity contribution is 0.0977. The highest BCUT2D eigenvalue weighted by atomic mass is 16.3. The van der Waals surface area contributed by atoms with Gasteiger partial charge in [0.1, 0.15) is 5.75 Å². The molecule has 5 heteroatoms. The number of aromatic hydroxyl groups is 1. The van der Waals surface area contributed by atoms with Crippen LogP contribution in [-0.4, -0.2) is 23.2 Å². The average molecular weight is 294 g/mol. The first kappa shape index (κ1) is 13.9. The maximum absolute atomic E-state index is 12.7. The normalized spacial score (nSPS) is 13.1. The van der Waals surface area contributed by atoms with Crippen LogP contribution in [0, 0.1) is 0 Å². The molecule has 4 N–H and O–H groups in total. The third kappa shape index (κ3) is 2.03. The molecule has 0 aromatic heterocycles. The smallest absolute Gasteiger partial charge is 0.198 e. The molecule has 0 amide bonds. The number of phenols is 1. The second-order valence-electron chi connectivity index (χ2n) is 4.90. The first-order chi connectivity index (χ1) is 10.6. The van der Waals surface area contributed by atoms with E-state index in [1.54, 1.807) is 36.4 Å². The molecule has 1 aliphatic carbocycles. The zero-order valence-corrected chi connectivity index (χ0v) is 11.7. The number of nitrogens with two attached hydrogens (primary N) is 1. The first-order valence-electron chi connectivity index (χ1n) is 6.80. The summed E-state index contributed by atoms with van der Waals surface area (Å²) in [6, 6.07) is 9.60. The van der Waals surface area contributed by atoms with Gasteiger partial charge in [0.2, 0.25) is 0 Å². The molecule has 1 aliphatic rings. The van der Waals surface area contributed by atoms with Gasteiger partial charge < -0.3 is 16.2 Å². The molecule has 0 unspecified atom stereocenters. The zero-order valence-electron chi connectivity index (χ0n) is 11.7. The molecule has 0 fully saturated rings. The molecule has 0 spiro atoms. The second-order valence-corrected chi connectivity index (χ2v) is 4.90. The summed E-state index contributed by atoms with van der Waals surface area (Å²) < 4.78 is 0. The second kappa shape index (κ2) is 5.37.